The van der Waals surface area contributed by atoms with Crippen molar-refractivity contribution < 1.29 is 17.9 Å². The molecule has 0 spiro atoms. The minimum Gasteiger partial charge on any atom is -0.494 e. The van der Waals surface area contributed by atoms with Gasteiger partial charge in [0.1, 0.15) is 16.2 Å². The average Bonchev–Trinajstić information content (AvgIpc) is 2.62. The number of thioether (sulfide) groups is 1. The molecular formula is C20H15BrF3NOS. The molecule has 0 fully saturated rings. The molecule has 1 unspecified atom stereocenters. The van der Waals surface area contributed by atoms with Crippen molar-refractivity contribution in [1.29, 1.82) is 0 Å². The first-order valence-electron chi connectivity index (χ1n) is 7.96. The number of aryl methyl sites for hydroxylation is 1. The summed E-state index contributed by atoms with van der Waals surface area (Å²) in [5, 5.41) is -0.603. The van der Waals surface area contributed by atoms with Crippen LogP contribution in [-0.2, 0) is 0 Å². The molecule has 1 heterocycles. The van der Waals surface area contributed by atoms with Gasteiger partial charge in [-0.1, -0.05) is 0 Å². The SMILES string of the molecule is COc1ccc(SC(c2cnc(Br)cc2C)c2cc(F)ccc2F)cc1F. The van der Waals surface area contributed by atoms with Gasteiger partial charge in [-0.2, -0.15) is 0 Å². The monoisotopic (exact) mass is 453 g/mol. The topological polar surface area (TPSA) is 22.1 Å². The summed E-state index contributed by atoms with van der Waals surface area (Å²) in [7, 11) is 1.38. The normalized spacial score (nSPS) is 12.1. The molecule has 2 nitrogen and oxygen atoms in total. The highest BCUT2D eigenvalue weighted by molar-refractivity contribution is 9.10. The van der Waals surface area contributed by atoms with Crippen LogP contribution in [0.15, 0.2) is 58.2 Å². The van der Waals surface area contributed by atoms with E-state index in [1.165, 1.54) is 31.0 Å². The number of nitrogens with zero attached hydrogens (tertiary/aromatic N) is 1. The molecular weight excluding hydrogens is 439 g/mol. The fraction of sp³-hybridized carbons (Fsp3) is 0.150. The van der Waals surface area contributed by atoms with Crippen molar-refractivity contribution in [3.05, 3.63) is 87.4 Å². The van der Waals surface area contributed by atoms with Crippen molar-refractivity contribution in [2.24, 2.45) is 0 Å². The van der Waals surface area contributed by atoms with Crippen LogP contribution in [0.4, 0.5) is 13.2 Å². The zero-order chi connectivity index (χ0) is 19.6. The minimum atomic E-state index is -0.603. The van der Waals surface area contributed by atoms with Crippen LogP contribution in [0.5, 0.6) is 5.75 Å². The Balaban J connectivity index is 2.10. The van der Waals surface area contributed by atoms with Crippen LogP contribution in [0.2, 0.25) is 0 Å². The average molecular weight is 454 g/mol. The number of methoxy groups -OCH3 is 1. The van der Waals surface area contributed by atoms with E-state index in [-0.39, 0.29) is 11.3 Å². The Kier molecular flexibility index (Phi) is 6.11. The van der Waals surface area contributed by atoms with E-state index in [0.29, 0.717) is 15.1 Å². The Bertz CT molecular complexity index is 983. The largest absolute Gasteiger partial charge is 0.494 e. The van der Waals surface area contributed by atoms with Crippen molar-refractivity contribution in [3.8, 4) is 5.75 Å². The maximum atomic E-state index is 14.5. The highest BCUT2D eigenvalue weighted by Crippen LogP contribution is 2.43. The highest BCUT2D eigenvalue weighted by Gasteiger charge is 2.23. The van der Waals surface area contributed by atoms with Crippen LogP contribution in [0.25, 0.3) is 0 Å². The number of benzene rings is 2. The number of hydrogen-bond acceptors (Lipinski definition) is 3. The molecule has 0 aliphatic rings. The predicted octanol–water partition coefficient (Wildman–Crippen LogP) is 6.46. The van der Waals surface area contributed by atoms with E-state index in [4.69, 9.17) is 4.74 Å². The number of aromatic nitrogens is 1. The van der Waals surface area contributed by atoms with Crippen LogP contribution in [0.1, 0.15) is 21.9 Å². The number of pyridine rings is 1. The van der Waals surface area contributed by atoms with E-state index < -0.39 is 22.7 Å². The first-order chi connectivity index (χ1) is 12.9. The Morgan fingerprint density at radius 1 is 1.00 bits per heavy atom. The quantitative estimate of drug-likeness (QED) is 0.326. The first-order valence-corrected chi connectivity index (χ1v) is 9.63. The summed E-state index contributed by atoms with van der Waals surface area (Å²) in [6.07, 6.45) is 1.61. The second-order valence-electron chi connectivity index (χ2n) is 5.82. The lowest BCUT2D eigenvalue weighted by atomic mass is 10.0. The van der Waals surface area contributed by atoms with Crippen molar-refractivity contribution in [2.45, 2.75) is 17.1 Å². The summed E-state index contributed by atoms with van der Waals surface area (Å²) in [6, 6.07) is 9.62. The van der Waals surface area contributed by atoms with Crippen LogP contribution in [0.3, 0.4) is 0 Å². The molecule has 1 aromatic heterocycles. The zero-order valence-corrected chi connectivity index (χ0v) is 16.9. The van der Waals surface area contributed by atoms with Gasteiger partial charge in [-0.25, -0.2) is 18.2 Å². The summed E-state index contributed by atoms with van der Waals surface area (Å²) in [6.45, 7) is 1.86. The highest BCUT2D eigenvalue weighted by atomic mass is 79.9. The van der Waals surface area contributed by atoms with Crippen molar-refractivity contribution in [1.82, 2.24) is 4.98 Å². The molecule has 0 aliphatic heterocycles. The van der Waals surface area contributed by atoms with Crippen LogP contribution >= 0.6 is 27.7 Å². The summed E-state index contributed by atoms with van der Waals surface area (Å²) >= 11 is 4.52. The van der Waals surface area contributed by atoms with Crippen molar-refractivity contribution in [2.75, 3.05) is 7.11 Å². The van der Waals surface area contributed by atoms with Gasteiger partial charge in [-0.15, -0.1) is 11.8 Å². The van der Waals surface area contributed by atoms with Gasteiger partial charge in [0, 0.05) is 16.7 Å². The summed E-state index contributed by atoms with van der Waals surface area (Å²) in [5.74, 6) is -1.48. The minimum absolute atomic E-state index is 0.120. The van der Waals surface area contributed by atoms with Gasteiger partial charge in [-0.05, 0) is 76.4 Å². The first kappa shape index (κ1) is 19.8. The van der Waals surface area contributed by atoms with E-state index in [1.807, 2.05) is 6.92 Å². The van der Waals surface area contributed by atoms with Gasteiger partial charge >= 0.3 is 0 Å². The van der Waals surface area contributed by atoms with Crippen LogP contribution in [0, 0.1) is 24.4 Å². The summed E-state index contributed by atoms with van der Waals surface area (Å²) in [5.41, 5.74) is 1.74. The molecule has 1 atom stereocenters. The van der Waals surface area contributed by atoms with E-state index in [2.05, 4.69) is 20.9 Å². The molecule has 0 aliphatic carbocycles. The lowest BCUT2D eigenvalue weighted by molar-refractivity contribution is 0.385. The van der Waals surface area contributed by atoms with E-state index in [9.17, 15) is 13.2 Å². The van der Waals surface area contributed by atoms with E-state index in [1.54, 1.807) is 18.3 Å². The number of halogens is 4. The van der Waals surface area contributed by atoms with Gasteiger partial charge in [0.05, 0.1) is 12.4 Å². The van der Waals surface area contributed by atoms with Gasteiger partial charge < -0.3 is 4.74 Å². The molecule has 0 saturated heterocycles. The number of hydrogen-bond donors (Lipinski definition) is 0. The molecule has 7 heteroatoms. The molecule has 27 heavy (non-hydrogen) atoms. The standard InChI is InChI=1S/C20H15BrF3NOS/c1-11-7-19(21)25-10-15(11)20(14-8-12(22)3-5-16(14)23)27-13-4-6-18(26-2)17(24)9-13/h3-10,20H,1-2H3. The molecule has 0 radical (unpaired) electrons. The molecule has 0 bridgehead atoms. The molecule has 2 aromatic carbocycles. The summed E-state index contributed by atoms with van der Waals surface area (Å²) < 4.78 is 48.0. The van der Waals surface area contributed by atoms with Crippen molar-refractivity contribution >= 4 is 27.7 Å². The number of ether oxygens (including phenoxy) is 1. The Morgan fingerprint density at radius 3 is 2.44 bits per heavy atom. The van der Waals surface area contributed by atoms with E-state index in [0.717, 1.165) is 23.8 Å². The van der Waals surface area contributed by atoms with Crippen LogP contribution in [-0.4, -0.2) is 12.1 Å². The second-order valence-corrected chi connectivity index (χ2v) is 7.81. The zero-order valence-electron chi connectivity index (χ0n) is 14.5. The third kappa shape index (κ3) is 4.47. The smallest absolute Gasteiger partial charge is 0.166 e. The predicted molar refractivity (Wildman–Crippen MR) is 104 cm³/mol. The molecule has 3 aromatic rings. The van der Waals surface area contributed by atoms with Gasteiger partial charge in [0.25, 0.3) is 0 Å². The Labute approximate surface area is 167 Å². The fourth-order valence-electron chi connectivity index (χ4n) is 2.67. The van der Waals surface area contributed by atoms with E-state index >= 15 is 0 Å². The number of rotatable bonds is 5. The fourth-order valence-corrected chi connectivity index (χ4v) is 4.39. The molecule has 3 rings (SSSR count). The molecule has 0 N–H and O–H groups in total. The third-order valence-corrected chi connectivity index (χ3v) is 5.72. The second kappa shape index (κ2) is 8.35. The lowest BCUT2D eigenvalue weighted by Gasteiger charge is -2.20. The van der Waals surface area contributed by atoms with Gasteiger partial charge in [-0.3, -0.25) is 0 Å². The lowest BCUT2D eigenvalue weighted by Crippen LogP contribution is -2.04. The molecule has 0 amide bonds. The Hall–Kier alpha value is -1.99. The van der Waals surface area contributed by atoms with Gasteiger partial charge in [0.15, 0.2) is 11.6 Å². The Morgan fingerprint density at radius 2 is 1.78 bits per heavy atom. The van der Waals surface area contributed by atoms with Crippen molar-refractivity contribution in [3.63, 3.8) is 0 Å². The third-order valence-electron chi connectivity index (χ3n) is 4.02. The van der Waals surface area contributed by atoms with Crippen LogP contribution < -0.4 is 4.74 Å². The van der Waals surface area contributed by atoms with Gasteiger partial charge in [0.2, 0.25) is 0 Å². The maximum absolute atomic E-state index is 14.5. The molecule has 0 saturated carbocycles. The summed E-state index contributed by atoms with van der Waals surface area (Å²) in [4.78, 5) is 4.78. The maximum Gasteiger partial charge on any atom is 0.166 e. The molecule has 140 valence electrons.